The van der Waals surface area contributed by atoms with Crippen molar-refractivity contribution in [1.29, 1.82) is 0 Å². The average Bonchev–Trinajstić information content (AvgIpc) is 3.30. The van der Waals surface area contributed by atoms with E-state index in [1.807, 2.05) is 38.1 Å². The Morgan fingerprint density at radius 2 is 2.03 bits per heavy atom. The highest BCUT2D eigenvalue weighted by molar-refractivity contribution is 6.01. The van der Waals surface area contributed by atoms with Crippen molar-refractivity contribution in [3.63, 3.8) is 0 Å². The number of hydrogen-bond acceptors (Lipinski definition) is 6. The lowest BCUT2D eigenvalue weighted by Crippen LogP contribution is -2.10. The van der Waals surface area contributed by atoms with Crippen molar-refractivity contribution in [2.45, 2.75) is 33.3 Å². The maximum atomic E-state index is 12.1. The summed E-state index contributed by atoms with van der Waals surface area (Å²) in [6.07, 6.45) is 0.0631. The molecule has 1 aliphatic heterocycles. The van der Waals surface area contributed by atoms with E-state index in [2.05, 4.69) is 11.1 Å². The summed E-state index contributed by atoms with van der Waals surface area (Å²) in [4.78, 5) is 15.3. The lowest BCUT2D eigenvalue weighted by molar-refractivity contribution is 0.103. The van der Waals surface area contributed by atoms with Crippen molar-refractivity contribution in [3.05, 3.63) is 35.9 Å². The van der Waals surface area contributed by atoms with E-state index >= 15 is 0 Å². The molecule has 0 saturated carbocycles. The molecule has 158 valence electrons. The number of aromatic amines is 1. The van der Waals surface area contributed by atoms with Crippen LogP contribution in [0, 0.1) is 0 Å². The minimum Gasteiger partial charge on any atom is -0.493 e. The van der Waals surface area contributed by atoms with Crippen molar-refractivity contribution in [1.82, 2.24) is 4.98 Å². The molecular formula is C23H25NO6. The fourth-order valence-corrected chi connectivity index (χ4v) is 3.62. The maximum absolute atomic E-state index is 12.1. The lowest BCUT2D eigenvalue weighted by atomic mass is 10.0. The highest BCUT2D eigenvalue weighted by Crippen LogP contribution is 2.44. The van der Waals surface area contributed by atoms with Crippen molar-refractivity contribution in [3.8, 4) is 34.3 Å². The van der Waals surface area contributed by atoms with Crippen LogP contribution in [0.3, 0.4) is 0 Å². The Balaban J connectivity index is 1.89. The Morgan fingerprint density at radius 3 is 2.77 bits per heavy atom. The van der Waals surface area contributed by atoms with Crippen LogP contribution in [0.2, 0.25) is 0 Å². The largest absolute Gasteiger partial charge is 0.515 e. The number of nitrogens with one attached hydrogen (secondary N) is 1. The SMILES string of the molecule is CCOC(=O)Oc1[nH]c2cc(OC(C)C)c(OC)cc2c1-c1ccc2c(c1)CCO2. The molecule has 0 aliphatic carbocycles. The summed E-state index contributed by atoms with van der Waals surface area (Å²) < 4.78 is 27.6. The minimum atomic E-state index is -0.764. The van der Waals surface area contributed by atoms with E-state index in [0.717, 1.165) is 39.8 Å². The van der Waals surface area contributed by atoms with Crippen LogP contribution >= 0.6 is 0 Å². The number of aromatic nitrogens is 1. The van der Waals surface area contributed by atoms with Gasteiger partial charge in [0.25, 0.3) is 0 Å². The summed E-state index contributed by atoms with van der Waals surface area (Å²) in [5, 5.41) is 0.848. The van der Waals surface area contributed by atoms with Gasteiger partial charge in [-0.05, 0) is 50.1 Å². The molecule has 2 aromatic carbocycles. The van der Waals surface area contributed by atoms with Gasteiger partial charge in [-0.3, -0.25) is 0 Å². The molecule has 0 saturated heterocycles. The zero-order valence-corrected chi connectivity index (χ0v) is 17.5. The van der Waals surface area contributed by atoms with Gasteiger partial charge in [0.05, 0.1) is 37.5 Å². The molecule has 2 heterocycles. The van der Waals surface area contributed by atoms with Gasteiger partial charge in [0, 0.05) is 17.9 Å². The van der Waals surface area contributed by atoms with E-state index in [-0.39, 0.29) is 12.7 Å². The molecule has 1 N–H and O–H groups in total. The predicted molar refractivity (Wildman–Crippen MR) is 113 cm³/mol. The van der Waals surface area contributed by atoms with Crippen molar-refractivity contribution in [2.24, 2.45) is 0 Å². The first-order valence-electron chi connectivity index (χ1n) is 10.0. The molecule has 0 atom stereocenters. The summed E-state index contributed by atoms with van der Waals surface area (Å²) in [6.45, 7) is 6.53. The lowest BCUT2D eigenvalue weighted by Gasteiger charge is -2.14. The quantitative estimate of drug-likeness (QED) is 0.569. The number of methoxy groups -OCH3 is 1. The molecule has 30 heavy (non-hydrogen) atoms. The van der Waals surface area contributed by atoms with Gasteiger partial charge in [0.15, 0.2) is 11.5 Å². The normalized spacial score (nSPS) is 12.6. The minimum absolute atomic E-state index is 0.0160. The number of rotatable bonds is 6. The second-order valence-electron chi connectivity index (χ2n) is 7.25. The van der Waals surface area contributed by atoms with E-state index in [1.165, 1.54) is 0 Å². The third kappa shape index (κ3) is 3.75. The molecule has 4 rings (SSSR count). The van der Waals surface area contributed by atoms with Crippen LogP contribution < -0.4 is 18.9 Å². The average molecular weight is 411 g/mol. The summed E-state index contributed by atoms with van der Waals surface area (Å²) in [7, 11) is 1.60. The number of ether oxygens (including phenoxy) is 5. The predicted octanol–water partition coefficient (Wildman–Crippen LogP) is 5.10. The highest BCUT2D eigenvalue weighted by atomic mass is 16.7. The molecule has 1 aliphatic rings. The molecule has 0 unspecified atom stereocenters. The van der Waals surface area contributed by atoms with E-state index in [0.29, 0.717) is 24.0 Å². The second kappa shape index (κ2) is 8.18. The highest BCUT2D eigenvalue weighted by Gasteiger charge is 2.23. The van der Waals surface area contributed by atoms with Crippen molar-refractivity contribution >= 4 is 17.1 Å². The van der Waals surface area contributed by atoms with E-state index < -0.39 is 6.16 Å². The number of benzene rings is 2. The van der Waals surface area contributed by atoms with Gasteiger partial charge in [-0.2, -0.15) is 0 Å². The summed E-state index contributed by atoms with van der Waals surface area (Å²) in [6, 6.07) is 9.70. The van der Waals surface area contributed by atoms with E-state index in [1.54, 1.807) is 14.0 Å². The molecule has 0 spiro atoms. The van der Waals surface area contributed by atoms with Crippen LogP contribution in [0.4, 0.5) is 4.79 Å². The van der Waals surface area contributed by atoms with Crippen LogP contribution in [-0.2, 0) is 11.2 Å². The van der Waals surface area contributed by atoms with E-state index in [9.17, 15) is 4.79 Å². The van der Waals surface area contributed by atoms with Gasteiger partial charge in [-0.25, -0.2) is 4.79 Å². The summed E-state index contributed by atoms with van der Waals surface area (Å²) in [5.74, 6) is 2.41. The maximum Gasteiger partial charge on any atom is 0.515 e. The van der Waals surface area contributed by atoms with Gasteiger partial charge < -0.3 is 28.7 Å². The first-order chi connectivity index (χ1) is 14.5. The number of H-pyrrole nitrogens is 1. The molecule has 0 radical (unpaired) electrons. The Hall–Kier alpha value is -3.35. The fourth-order valence-electron chi connectivity index (χ4n) is 3.62. The molecule has 3 aromatic rings. The number of fused-ring (bicyclic) bond motifs is 2. The molecule has 0 amide bonds. The monoisotopic (exact) mass is 411 g/mol. The molecular weight excluding hydrogens is 386 g/mol. The van der Waals surface area contributed by atoms with Crippen LogP contribution in [0.1, 0.15) is 26.3 Å². The molecule has 0 bridgehead atoms. The second-order valence-corrected chi connectivity index (χ2v) is 7.25. The van der Waals surface area contributed by atoms with Crippen LogP contribution in [0.5, 0.6) is 23.1 Å². The Morgan fingerprint density at radius 1 is 1.20 bits per heavy atom. The zero-order valence-electron chi connectivity index (χ0n) is 17.5. The van der Waals surface area contributed by atoms with Crippen molar-refractivity contribution in [2.75, 3.05) is 20.3 Å². The van der Waals surface area contributed by atoms with Crippen LogP contribution in [-0.4, -0.2) is 37.6 Å². The first-order valence-corrected chi connectivity index (χ1v) is 10.0. The van der Waals surface area contributed by atoms with Gasteiger partial charge in [-0.1, -0.05) is 6.07 Å². The van der Waals surface area contributed by atoms with Gasteiger partial charge >= 0.3 is 6.16 Å². The number of carbonyl (C=O) groups is 1. The topological polar surface area (TPSA) is 79.0 Å². The van der Waals surface area contributed by atoms with Gasteiger partial charge in [0.1, 0.15) is 5.75 Å². The molecule has 7 heteroatoms. The first kappa shape index (κ1) is 19.9. The summed E-state index contributed by atoms with van der Waals surface area (Å²) >= 11 is 0. The third-order valence-corrected chi connectivity index (χ3v) is 4.84. The smallest absolute Gasteiger partial charge is 0.493 e. The Labute approximate surface area is 174 Å². The fraction of sp³-hybridized carbons (Fsp3) is 0.348. The summed E-state index contributed by atoms with van der Waals surface area (Å²) in [5.41, 5.74) is 3.54. The third-order valence-electron chi connectivity index (χ3n) is 4.84. The van der Waals surface area contributed by atoms with E-state index in [4.69, 9.17) is 23.7 Å². The molecule has 1 aromatic heterocycles. The Bertz CT molecular complexity index is 1080. The molecule has 7 nitrogen and oxygen atoms in total. The number of carbonyl (C=O) groups excluding carboxylic acids is 1. The van der Waals surface area contributed by atoms with Gasteiger partial charge in [-0.15, -0.1) is 0 Å². The zero-order chi connectivity index (χ0) is 21.3. The van der Waals surface area contributed by atoms with Crippen LogP contribution in [0.25, 0.3) is 22.0 Å². The standard InChI is InChI=1S/C23H25NO6/c1-5-27-23(25)30-22-21(15-6-7-18-14(10-15)8-9-28-18)16-11-19(26-4)20(29-13(2)3)12-17(16)24-22/h6-7,10-13,24H,5,8-9H2,1-4H3. The van der Waals surface area contributed by atoms with Gasteiger partial charge in [0.2, 0.25) is 5.88 Å². The Kier molecular flexibility index (Phi) is 5.44. The molecule has 0 fully saturated rings. The van der Waals surface area contributed by atoms with Crippen molar-refractivity contribution < 1.29 is 28.5 Å². The van der Waals surface area contributed by atoms with Crippen LogP contribution in [0.15, 0.2) is 30.3 Å². The number of hydrogen-bond donors (Lipinski definition) is 1.